The van der Waals surface area contributed by atoms with Crippen LogP contribution in [0.4, 0.5) is 15.8 Å². The topological polar surface area (TPSA) is 75.1 Å². The number of pyridine rings is 1. The summed E-state index contributed by atoms with van der Waals surface area (Å²) in [6, 6.07) is 7.14. The Kier molecular flexibility index (Phi) is 8.83. The van der Waals surface area contributed by atoms with Gasteiger partial charge in [0.15, 0.2) is 0 Å². The number of aliphatic carboxylic acids is 1. The molecule has 3 heterocycles. The monoisotopic (exact) mass is 493 g/mol. The third-order valence-electron chi connectivity index (χ3n) is 6.16. The van der Waals surface area contributed by atoms with E-state index in [4.69, 9.17) is 31.0 Å². The molecule has 1 N–H and O–H groups in total. The van der Waals surface area contributed by atoms with Crippen molar-refractivity contribution in [3.63, 3.8) is 0 Å². The fourth-order valence-corrected chi connectivity index (χ4v) is 4.65. The molecule has 2 aliphatic heterocycles. The lowest BCUT2D eigenvalue weighted by molar-refractivity contribution is -0.134. The van der Waals surface area contributed by atoms with E-state index in [-0.39, 0.29) is 17.8 Å². The minimum Gasteiger partial charge on any atom is -0.490 e. The zero-order valence-corrected chi connectivity index (χ0v) is 20.9. The lowest BCUT2D eigenvalue weighted by Crippen LogP contribution is -2.44. The maximum atomic E-state index is 14.7. The van der Waals surface area contributed by atoms with Gasteiger partial charge in [0.2, 0.25) is 5.88 Å². The zero-order chi connectivity index (χ0) is 24.8. The Morgan fingerprint density at radius 1 is 1.15 bits per heavy atom. The minimum atomic E-state index is -0.833. The molecule has 3 atom stereocenters. The molecule has 2 aliphatic rings. The number of anilines is 2. The largest absolute Gasteiger partial charge is 0.490 e. The van der Waals surface area contributed by atoms with Crippen LogP contribution in [0.2, 0.25) is 5.02 Å². The van der Waals surface area contributed by atoms with Gasteiger partial charge in [-0.05, 0) is 24.5 Å². The molecule has 2 aromatic rings. The second-order valence-electron chi connectivity index (χ2n) is 9.02. The number of aromatic nitrogens is 1. The van der Waals surface area contributed by atoms with Gasteiger partial charge in [-0.2, -0.15) is 0 Å². The molecule has 34 heavy (non-hydrogen) atoms. The van der Waals surface area contributed by atoms with Crippen molar-refractivity contribution in [2.24, 2.45) is 11.8 Å². The van der Waals surface area contributed by atoms with Crippen molar-refractivity contribution in [2.75, 3.05) is 43.1 Å². The van der Waals surface area contributed by atoms with Gasteiger partial charge in [0.05, 0.1) is 29.7 Å². The van der Waals surface area contributed by atoms with Gasteiger partial charge in [0.1, 0.15) is 17.7 Å². The summed E-state index contributed by atoms with van der Waals surface area (Å²) in [6.07, 6.45) is 3.59. The van der Waals surface area contributed by atoms with Gasteiger partial charge in [-0.1, -0.05) is 25.4 Å². The number of piperidine rings is 1. The first-order valence-corrected chi connectivity index (χ1v) is 11.9. The van der Waals surface area contributed by atoms with Gasteiger partial charge in [-0.25, -0.2) is 9.37 Å². The van der Waals surface area contributed by atoms with Crippen molar-refractivity contribution in [3.8, 4) is 11.6 Å². The highest BCUT2D eigenvalue weighted by atomic mass is 35.5. The number of nitrogens with zero attached hydrogens (tertiary/aromatic N) is 3. The van der Waals surface area contributed by atoms with Crippen molar-refractivity contribution in [2.45, 2.75) is 39.7 Å². The van der Waals surface area contributed by atoms with E-state index in [0.717, 1.165) is 51.6 Å². The number of hydrogen-bond acceptors (Lipinski definition) is 6. The van der Waals surface area contributed by atoms with Crippen LogP contribution in [0.5, 0.6) is 11.6 Å². The molecular weight excluding hydrogens is 461 g/mol. The van der Waals surface area contributed by atoms with Crippen LogP contribution in [-0.4, -0.2) is 55.5 Å². The molecule has 2 fully saturated rings. The van der Waals surface area contributed by atoms with Gasteiger partial charge in [-0.3, -0.25) is 4.79 Å². The Morgan fingerprint density at radius 3 is 2.41 bits per heavy atom. The van der Waals surface area contributed by atoms with Gasteiger partial charge in [-0.15, -0.1) is 0 Å². The highest BCUT2D eigenvalue weighted by Crippen LogP contribution is 2.34. The molecule has 3 unspecified atom stereocenters. The van der Waals surface area contributed by atoms with E-state index in [2.05, 4.69) is 28.6 Å². The number of methoxy groups -OCH3 is 1. The first-order valence-electron chi connectivity index (χ1n) is 11.5. The van der Waals surface area contributed by atoms with Crippen LogP contribution in [0.1, 0.15) is 33.6 Å². The van der Waals surface area contributed by atoms with E-state index in [1.165, 1.54) is 6.07 Å². The molecule has 7 nitrogen and oxygen atoms in total. The Labute approximate surface area is 205 Å². The number of ether oxygens (including phenoxy) is 2. The highest BCUT2D eigenvalue weighted by molar-refractivity contribution is 6.33. The second kappa shape index (κ2) is 11.6. The van der Waals surface area contributed by atoms with Gasteiger partial charge in [0.25, 0.3) is 5.97 Å². The van der Waals surface area contributed by atoms with Gasteiger partial charge < -0.3 is 24.4 Å². The van der Waals surface area contributed by atoms with Crippen LogP contribution >= 0.6 is 11.6 Å². The van der Waals surface area contributed by atoms with E-state index in [1.807, 2.05) is 18.2 Å². The standard InChI is InChI=1S/C23H29ClFN3O2.C2H4O2/c1-15-6-8-27(13-15)20-5-4-17(10-19(20)25)30-22-7-9-28(14-16(22)2)21-11-23(29-3)26-12-18(21)24;1-2(3)4/h4-5,10-12,15-16,22H,6-9,13-14H2,1-3H3;1H3,(H,3,4). The van der Waals surface area contributed by atoms with Crippen molar-refractivity contribution in [1.82, 2.24) is 4.98 Å². The predicted molar refractivity (Wildman–Crippen MR) is 132 cm³/mol. The molecule has 0 saturated carbocycles. The molecule has 0 radical (unpaired) electrons. The molecule has 2 saturated heterocycles. The molecule has 9 heteroatoms. The number of halogens is 2. The van der Waals surface area contributed by atoms with Crippen LogP contribution in [0.25, 0.3) is 0 Å². The van der Waals surface area contributed by atoms with E-state index in [0.29, 0.717) is 28.3 Å². The highest BCUT2D eigenvalue weighted by Gasteiger charge is 2.29. The summed E-state index contributed by atoms with van der Waals surface area (Å²) in [5.41, 5.74) is 1.60. The van der Waals surface area contributed by atoms with Crippen molar-refractivity contribution in [1.29, 1.82) is 0 Å². The van der Waals surface area contributed by atoms with Crippen LogP contribution in [0.3, 0.4) is 0 Å². The normalized spacial score (nSPS) is 22.1. The summed E-state index contributed by atoms with van der Waals surface area (Å²) in [5.74, 6) is 0.972. The maximum Gasteiger partial charge on any atom is 0.300 e. The quantitative estimate of drug-likeness (QED) is 0.620. The zero-order valence-electron chi connectivity index (χ0n) is 20.1. The Bertz CT molecular complexity index is 989. The SMILES string of the molecule is CC(=O)O.COc1cc(N2CCC(Oc3ccc(N4CCC(C)C4)c(F)c3)C(C)C2)c(Cl)cn1. The minimum absolute atomic E-state index is 0.0285. The van der Waals surface area contributed by atoms with E-state index in [1.54, 1.807) is 13.3 Å². The van der Waals surface area contributed by atoms with Crippen molar-refractivity contribution >= 4 is 28.9 Å². The summed E-state index contributed by atoms with van der Waals surface area (Å²) in [5, 5.41) is 8.02. The summed E-state index contributed by atoms with van der Waals surface area (Å²) in [6.45, 7) is 8.86. The third-order valence-corrected chi connectivity index (χ3v) is 6.45. The molecule has 0 bridgehead atoms. The third kappa shape index (κ3) is 6.65. The fourth-order valence-electron chi connectivity index (χ4n) is 4.43. The smallest absolute Gasteiger partial charge is 0.300 e. The van der Waals surface area contributed by atoms with Gasteiger partial charge in [0, 0.05) is 57.6 Å². The number of benzene rings is 1. The second-order valence-corrected chi connectivity index (χ2v) is 9.43. The fraction of sp³-hybridized carbons (Fsp3) is 0.520. The molecule has 1 aromatic heterocycles. The van der Waals surface area contributed by atoms with Crippen LogP contribution in [-0.2, 0) is 4.79 Å². The van der Waals surface area contributed by atoms with Crippen molar-refractivity contribution < 1.29 is 23.8 Å². The first-order chi connectivity index (χ1) is 16.2. The molecule has 0 spiro atoms. The lowest BCUT2D eigenvalue weighted by Gasteiger charge is -2.38. The Morgan fingerprint density at radius 2 is 1.82 bits per heavy atom. The maximum absolute atomic E-state index is 14.7. The first kappa shape index (κ1) is 25.9. The lowest BCUT2D eigenvalue weighted by atomic mass is 9.96. The molecular formula is C25H33ClFN3O4. The van der Waals surface area contributed by atoms with E-state index < -0.39 is 5.97 Å². The van der Waals surface area contributed by atoms with Crippen molar-refractivity contribution in [3.05, 3.63) is 41.3 Å². The van der Waals surface area contributed by atoms with Gasteiger partial charge >= 0.3 is 0 Å². The average molecular weight is 494 g/mol. The van der Waals surface area contributed by atoms with E-state index in [9.17, 15) is 4.39 Å². The van der Waals surface area contributed by atoms with Crippen LogP contribution in [0, 0.1) is 17.7 Å². The number of carboxylic acids is 1. The van der Waals surface area contributed by atoms with E-state index >= 15 is 0 Å². The predicted octanol–water partition coefficient (Wildman–Crippen LogP) is 5.11. The molecule has 1 aromatic carbocycles. The summed E-state index contributed by atoms with van der Waals surface area (Å²) >= 11 is 6.36. The molecule has 0 aliphatic carbocycles. The Balaban J connectivity index is 0.000000751. The summed E-state index contributed by atoms with van der Waals surface area (Å²) in [7, 11) is 1.59. The number of carboxylic acid groups (broad SMARTS) is 1. The molecule has 4 rings (SSSR count). The molecule has 186 valence electrons. The summed E-state index contributed by atoms with van der Waals surface area (Å²) in [4.78, 5) is 17.5. The number of rotatable bonds is 5. The number of hydrogen-bond donors (Lipinski definition) is 1. The van der Waals surface area contributed by atoms with Crippen LogP contribution in [0.15, 0.2) is 30.5 Å². The van der Waals surface area contributed by atoms with Crippen LogP contribution < -0.4 is 19.3 Å². The average Bonchev–Trinajstić information content (AvgIpc) is 3.21. The summed E-state index contributed by atoms with van der Waals surface area (Å²) < 4.78 is 26.1. The number of carbonyl (C=O) groups is 1. The molecule has 0 amide bonds. The Hall–Kier alpha value is -2.74.